The van der Waals surface area contributed by atoms with Crippen molar-refractivity contribution in [2.24, 2.45) is 0 Å². The second kappa shape index (κ2) is 6.45. The molecule has 5 nitrogen and oxygen atoms in total. The molecule has 1 amide bonds. The Morgan fingerprint density at radius 3 is 2.76 bits per heavy atom. The average molecular weight is 291 g/mol. The van der Waals surface area contributed by atoms with Gasteiger partial charge in [-0.2, -0.15) is 0 Å². The number of methoxy groups -OCH3 is 1. The van der Waals surface area contributed by atoms with Gasteiger partial charge in [-0.05, 0) is 45.6 Å². The van der Waals surface area contributed by atoms with Crippen LogP contribution < -0.4 is 10.1 Å². The topological polar surface area (TPSA) is 44.8 Å². The molecule has 0 bridgehead atoms. The molecule has 3 unspecified atom stereocenters. The third kappa shape index (κ3) is 3.36. The van der Waals surface area contributed by atoms with Crippen LogP contribution in [0.4, 0.5) is 0 Å². The molecule has 1 aliphatic heterocycles. The van der Waals surface area contributed by atoms with Gasteiger partial charge in [0.1, 0.15) is 11.9 Å². The Bertz CT molecular complexity index is 504. The number of nitrogens with zero attached hydrogens (tertiary/aromatic N) is 2. The zero-order valence-corrected chi connectivity index (χ0v) is 13.5. The molecule has 1 fully saturated rings. The van der Waals surface area contributed by atoms with E-state index in [9.17, 15) is 4.79 Å². The van der Waals surface area contributed by atoms with Crippen molar-refractivity contribution in [2.45, 2.75) is 32.1 Å². The van der Waals surface area contributed by atoms with Crippen LogP contribution in [0.15, 0.2) is 24.3 Å². The molecule has 1 saturated heterocycles. The smallest absolute Gasteiger partial charge is 0.241 e. The van der Waals surface area contributed by atoms with Gasteiger partial charge in [0, 0.05) is 12.6 Å². The van der Waals surface area contributed by atoms with Crippen LogP contribution in [0, 0.1) is 0 Å². The quantitative estimate of drug-likeness (QED) is 0.892. The highest BCUT2D eigenvalue weighted by atomic mass is 16.5. The summed E-state index contributed by atoms with van der Waals surface area (Å²) in [6, 6.07) is 7.86. The number of carbonyl (C=O) groups excluding carboxylic acids is 1. The number of hydrogen-bond acceptors (Lipinski definition) is 4. The summed E-state index contributed by atoms with van der Waals surface area (Å²) in [7, 11) is 5.70. The molecular weight excluding hydrogens is 266 g/mol. The van der Waals surface area contributed by atoms with Crippen LogP contribution in [-0.2, 0) is 4.79 Å². The fourth-order valence-corrected chi connectivity index (χ4v) is 2.90. The normalized spacial score (nSPS) is 23.7. The second-order valence-electron chi connectivity index (χ2n) is 5.92. The number of hydrogen-bond donors (Lipinski definition) is 1. The molecule has 116 valence electrons. The van der Waals surface area contributed by atoms with E-state index in [0.717, 1.165) is 17.9 Å². The molecule has 1 aromatic carbocycles. The number of nitrogens with one attached hydrogen (secondary N) is 1. The highest BCUT2D eigenvalue weighted by molar-refractivity contribution is 5.84. The minimum atomic E-state index is -0.161. The number of likely N-dealkylation sites (N-methyl/N-ethyl adjacent to an activating group) is 1. The SMILES string of the molecule is COc1cccc(C2NC(C)C(=O)N2C(C)CN(C)C)c1. The van der Waals surface area contributed by atoms with E-state index in [1.165, 1.54) is 0 Å². The third-order valence-electron chi connectivity index (χ3n) is 3.82. The maximum atomic E-state index is 12.5. The summed E-state index contributed by atoms with van der Waals surface area (Å²) in [5.74, 6) is 0.957. The van der Waals surface area contributed by atoms with Gasteiger partial charge >= 0.3 is 0 Å². The average Bonchev–Trinajstić information content (AvgIpc) is 2.74. The maximum Gasteiger partial charge on any atom is 0.241 e. The van der Waals surface area contributed by atoms with Crippen molar-refractivity contribution in [3.8, 4) is 5.75 Å². The van der Waals surface area contributed by atoms with Crippen molar-refractivity contribution >= 4 is 5.91 Å². The molecule has 1 aliphatic rings. The van der Waals surface area contributed by atoms with Crippen molar-refractivity contribution in [1.29, 1.82) is 0 Å². The minimum absolute atomic E-state index is 0.0995. The summed E-state index contributed by atoms with van der Waals surface area (Å²) in [6.45, 7) is 4.84. The second-order valence-corrected chi connectivity index (χ2v) is 5.92. The van der Waals surface area contributed by atoms with Gasteiger partial charge in [0.25, 0.3) is 0 Å². The van der Waals surface area contributed by atoms with Crippen molar-refractivity contribution in [3.63, 3.8) is 0 Å². The predicted octanol–water partition coefficient (Wildman–Crippen LogP) is 1.46. The molecule has 2 rings (SSSR count). The predicted molar refractivity (Wildman–Crippen MR) is 83.2 cm³/mol. The summed E-state index contributed by atoms with van der Waals surface area (Å²) >= 11 is 0. The first-order chi connectivity index (χ1) is 9.93. The maximum absolute atomic E-state index is 12.5. The Morgan fingerprint density at radius 2 is 2.14 bits per heavy atom. The molecule has 1 aromatic rings. The van der Waals surface area contributed by atoms with E-state index >= 15 is 0 Å². The van der Waals surface area contributed by atoms with Crippen molar-refractivity contribution in [1.82, 2.24) is 15.1 Å². The van der Waals surface area contributed by atoms with E-state index < -0.39 is 0 Å². The number of benzene rings is 1. The lowest BCUT2D eigenvalue weighted by molar-refractivity contribution is -0.132. The molecule has 1 heterocycles. The summed E-state index contributed by atoms with van der Waals surface area (Å²) in [5, 5.41) is 3.38. The molecule has 5 heteroatoms. The number of ether oxygens (including phenoxy) is 1. The summed E-state index contributed by atoms with van der Waals surface area (Å²) in [6.07, 6.45) is -0.0995. The number of rotatable bonds is 5. The van der Waals surface area contributed by atoms with Crippen LogP contribution >= 0.6 is 0 Å². The van der Waals surface area contributed by atoms with Crippen LogP contribution in [0.1, 0.15) is 25.6 Å². The van der Waals surface area contributed by atoms with E-state index in [2.05, 4.69) is 17.1 Å². The first-order valence-corrected chi connectivity index (χ1v) is 7.31. The monoisotopic (exact) mass is 291 g/mol. The Hall–Kier alpha value is -1.59. The molecular formula is C16H25N3O2. The minimum Gasteiger partial charge on any atom is -0.497 e. The van der Waals surface area contributed by atoms with Gasteiger partial charge in [0.05, 0.1) is 13.2 Å². The largest absolute Gasteiger partial charge is 0.497 e. The first-order valence-electron chi connectivity index (χ1n) is 7.31. The van der Waals surface area contributed by atoms with Crippen LogP contribution in [-0.4, -0.2) is 55.5 Å². The van der Waals surface area contributed by atoms with E-state index in [1.54, 1.807) is 7.11 Å². The molecule has 0 saturated carbocycles. The molecule has 0 radical (unpaired) electrons. The van der Waals surface area contributed by atoms with Crippen LogP contribution in [0.5, 0.6) is 5.75 Å². The zero-order chi connectivity index (χ0) is 15.6. The van der Waals surface area contributed by atoms with Crippen molar-refractivity contribution < 1.29 is 9.53 Å². The van der Waals surface area contributed by atoms with Crippen molar-refractivity contribution in [2.75, 3.05) is 27.7 Å². The lowest BCUT2D eigenvalue weighted by atomic mass is 10.1. The standard InChI is InChI=1S/C16H25N3O2/c1-11(10-18(3)4)19-15(17-12(2)16(19)20)13-7-6-8-14(9-13)21-5/h6-9,11-12,15,17H,10H2,1-5H3. The van der Waals surface area contributed by atoms with Crippen molar-refractivity contribution in [3.05, 3.63) is 29.8 Å². The molecule has 1 N–H and O–H groups in total. The number of carbonyl (C=O) groups is 1. The Kier molecular flexibility index (Phi) is 4.85. The van der Waals surface area contributed by atoms with E-state index in [4.69, 9.17) is 4.74 Å². The highest BCUT2D eigenvalue weighted by Crippen LogP contribution is 2.29. The van der Waals surface area contributed by atoms with Gasteiger partial charge in [-0.15, -0.1) is 0 Å². The molecule has 0 spiro atoms. The lowest BCUT2D eigenvalue weighted by Gasteiger charge is -2.32. The van der Waals surface area contributed by atoms with Gasteiger partial charge in [0.2, 0.25) is 5.91 Å². The zero-order valence-electron chi connectivity index (χ0n) is 13.5. The lowest BCUT2D eigenvalue weighted by Crippen LogP contribution is -2.43. The molecule has 0 aromatic heterocycles. The molecule has 21 heavy (non-hydrogen) atoms. The fraction of sp³-hybridized carbons (Fsp3) is 0.562. The summed E-state index contributed by atoms with van der Waals surface area (Å²) in [4.78, 5) is 16.5. The Labute approximate surface area is 126 Å². The van der Waals surface area contributed by atoms with Crippen LogP contribution in [0.2, 0.25) is 0 Å². The third-order valence-corrected chi connectivity index (χ3v) is 3.82. The van der Waals surface area contributed by atoms with E-state index in [-0.39, 0.29) is 24.2 Å². The van der Waals surface area contributed by atoms with Crippen LogP contribution in [0.25, 0.3) is 0 Å². The van der Waals surface area contributed by atoms with Gasteiger partial charge in [-0.25, -0.2) is 0 Å². The molecule has 3 atom stereocenters. The van der Waals surface area contributed by atoms with E-state index in [0.29, 0.717) is 0 Å². The Balaban J connectivity index is 2.28. The first kappa shape index (κ1) is 15.8. The summed E-state index contributed by atoms with van der Waals surface area (Å²) in [5.41, 5.74) is 1.05. The van der Waals surface area contributed by atoms with Gasteiger partial charge < -0.3 is 14.5 Å². The number of amides is 1. The van der Waals surface area contributed by atoms with E-state index in [1.807, 2.05) is 50.2 Å². The van der Waals surface area contributed by atoms with Crippen LogP contribution in [0.3, 0.4) is 0 Å². The highest BCUT2D eigenvalue weighted by Gasteiger charge is 2.39. The molecule has 0 aliphatic carbocycles. The Morgan fingerprint density at radius 1 is 1.43 bits per heavy atom. The summed E-state index contributed by atoms with van der Waals surface area (Å²) < 4.78 is 5.29. The fourth-order valence-electron chi connectivity index (χ4n) is 2.90. The van der Waals surface area contributed by atoms with Gasteiger partial charge in [0.15, 0.2) is 0 Å². The van der Waals surface area contributed by atoms with Gasteiger partial charge in [-0.1, -0.05) is 12.1 Å². The van der Waals surface area contributed by atoms with Gasteiger partial charge in [-0.3, -0.25) is 10.1 Å².